The van der Waals surface area contributed by atoms with E-state index >= 15 is 0 Å². The van der Waals surface area contributed by atoms with Crippen molar-refractivity contribution in [3.8, 4) is 6.07 Å². The molecule has 11 heteroatoms. The molecule has 0 spiro atoms. The molecule has 9 nitrogen and oxygen atoms in total. The second-order valence-corrected chi connectivity index (χ2v) is 10.3. The van der Waals surface area contributed by atoms with Gasteiger partial charge in [0.05, 0.1) is 11.1 Å². The van der Waals surface area contributed by atoms with Crippen LogP contribution in [0.3, 0.4) is 0 Å². The monoisotopic (exact) mass is 486 g/mol. The number of aryl methyl sites for hydroxylation is 2. The Bertz CT molecular complexity index is 1350. The van der Waals surface area contributed by atoms with Gasteiger partial charge in [0.2, 0.25) is 15.9 Å². The molecule has 2 aromatic heterocycles. The topological polar surface area (TPSA) is 112 Å². The molecule has 4 rings (SSSR count). The summed E-state index contributed by atoms with van der Waals surface area (Å²) in [7, 11) is -3.62. The van der Waals surface area contributed by atoms with E-state index in [0.717, 1.165) is 17.0 Å². The van der Waals surface area contributed by atoms with Gasteiger partial charge in [-0.1, -0.05) is 11.6 Å². The quantitative estimate of drug-likeness (QED) is 0.547. The summed E-state index contributed by atoms with van der Waals surface area (Å²) < 4.78 is 28.7. The summed E-state index contributed by atoms with van der Waals surface area (Å²) in [4.78, 5) is 19.2. The van der Waals surface area contributed by atoms with Crippen LogP contribution in [0.15, 0.2) is 35.4 Å². The normalized spacial score (nSPS) is 15.0. The van der Waals surface area contributed by atoms with Gasteiger partial charge in [0.1, 0.15) is 11.6 Å². The van der Waals surface area contributed by atoms with Crippen LogP contribution < -0.4 is 0 Å². The van der Waals surface area contributed by atoms with Crippen LogP contribution in [0.4, 0.5) is 0 Å². The Morgan fingerprint density at radius 2 is 1.82 bits per heavy atom. The summed E-state index contributed by atoms with van der Waals surface area (Å²) in [5.74, 6) is -0.0318. The van der Waals surface area contributed by atoms with Gasteiger partial charge in [-0.05, 0) is 50.1 Å². The van der Waals surface area contributed by atoms with Gasteiger partial charge in [0, 0.05) is 49.0 Å². The number of carbonyl (C=O) groups excluding carboxylic acids is 1. The molecule has 1 aromatic carbocycles. The van der Waals surface area contributed by atoms with E-state index in [2.05, 4.69) is 16.2 Å². The zero-order valence-electron chi connectivity index (χ0n) is 18.3. The van der Waals surface area contributed by atoms with Crippen molar-refractivity contribution in [2.75, 3.05) is 26.2 Å². The maximum absolute atomic E-state index is 12.8. The van der Waals surface area contributed by atoms with Crippen LogP contribution in [0.1, 0.15) is 28.9 Å². The largest absolute Gasteiger partial charge is 0.340 e. The predicted molar refractivity (Wildman–Crippen MR) is 122 cm³/mol. The first-order valence-corrected chi connectivity index (χ1v) is 12.3. The van der Waals surface area contributed by atoms with Crippen molar-refractivity contribution in [3.05, 3.63) is 58.0 Å². The zero-order valence-corrected chi connectivity index (χ0v) is 19.9. The van der Waals surface area contributed by atoms with Crippen LogP contribution in [-0.2, 0) is 21.2 Å². The standard InChI is InChI=1S/C22H23ClN6O3S/c1-15-20(16(2)29-22(26-15)17(13-24)14-25-29)7-8-21(30)27-9-11-28(12-10-27)33(31,32)19-5-3-18(23)4-6-19/h3-6,14H,7-12H2,1-2H3. The third-order valence-corrected chi connectivity index (χ3v) is 8.13. The molecule has 1 saturated heterocycles. The van der Waals surface area contributed by atoms with E-state index in [9.17, 15) is 18.5 Å². The Labute approximate surface area is 197 Å². The van der Waals surface area contributed by atoms with Gasteiger partial charge < -0.3 is 4.90 Å². The molecule has 3 heterocycles. The van der Waals surface area contributed by atoms with Gasteiger partial charge in [-0.25, -0.2) is 17.9 Å². The maximum atomic E-state index is 12.8. The molecule has 0 atom stereocenters. The Morgan fingerprint density at radius 3 is 2.45 bits per heavy atom. The minimum Gasteiger partial charge on any atom is -0.340 e. The molecule has 3 aromatic rings. The Balaban J connectivity index is 1.39. The van der Waals surface area contributed by atoms with Gasteiger partial charge in [0.25, 0.3) is 0 Å². The van der Waals surface area contributed by atoms with Gasteiger partial charge in [0.15, 0.2) is 5.65 Å². The van der Waals surface area contributed by atoms with E-state index in [1.807, 2.05) is 13.8 Å². The molecule has 1 aliphatic rings. The van der Waals surface area contributed by atoms with Crippen molar-refractivity contribution >= 4 is 33.2 Å². The molecule has 1 amide bonds. The SMILES string of the molecule is Cc1nc2c(C#N)cnn2c(C)c1CCC(=O)N1CCN(S(=O)(=O)c2ccc(Cl)cc2)CC1. The van der Waals surface area contributed by atoms with Crippen molar-refractivity contribution in [3.63, 3.8) is 0 Å². The van der Waals surface area contributed by atoms with E-state index < -0.39 is 10.0 Å². The smallest absolute Gasteiger partial charge is 0.243 e. The highest BCUT2D eigenvalue weighted by Gasteiger charge is 2.30. The lowest BCUT2D eigenvalue weighted by atomic mass is 10.1. The number of sulfonamides is 1. The van der Waals surface area contributed by atoms with Crippen LogP contribution in [0.2, 0.25) is 5.02 Å². The average Bonchev–Trinajstić information content (AvgIpc) is 3.22. The molecule has 0 N–H and O–H groups in total. The molecule has 172 valence electrons. The second kappa shape index (κ2) is 9.09. The third kappa shape index (κ3) is 4.44. The Kier molecular flexibility index (Phi) is 6.38. The van der Waals surface area contributed by atoms with Crippen LogP contribution in [0.5, 0.6) is 0 Å². The fraction of sp³-hybridized carbons (Fsp3) is 0.364. The number of hydrogen-bond donors (Lipinski definition) is 0. The number of nitriles is 1. The Morgan fingerprint density at radius 1 is 1.15 bits per heavy atom. The van der Waals surface area contributed by atoms with Crippen LogP contribution in [0, 0.1) is 25.2 Å². The van der Waals surface area contributed by atoms with E-state index in [4.69, 9.17) is 11.6 Å². The van der Waals surface area contributed by atoms with Gasteiger partial charge in [-0.2, -0.15) is 14.7 Å². The first-order chi connectivity index (χ1) is 15.7. The number of rotatable bonds is 5. The van der Waals surface area contributed by atoms with Crippen molar-refractivity contribution in [2.45, 2.75) is 31.6 Å². The lowest BCUT2D eigenvalue weighted by molar-refractivity contribution is -0.132. The van der Waals surface area contributed by atoms with Crippen molar-refractivity contribution < 1.29 is 13.2 Å². The summed E-state index contributed by atoms with van der Waals surface area (Å²) in [5, 5.41) is 13.9. The average molecular weight is 487 g/mol. The van der Waals surface area contributed by atoms with Crippen molar-refractivity contribution in [1.29, 1.82) is 5.26 Å². The summed E-state index contributed by atoms with van der Waals surface area (Å²) in [5.41, 5.74) is 3.47. The summed E-state index contributed by atoms with van der Waals surface area (Å²) in [6.45, 7) is 4.92. The highest BCUT2D eigenvalue weighted by Crippen LogP contribution is 2.21. The fourth-order valence-corrected chi connectivity index (χ4v) is 5.62. The number of fused-ring (bicyclic) bond motifs is 1. The minimum atomic E-state index is -3.62. The number of piperazine rings is 1. The van der Waals surface area contributed by atoms with Crippen molar-refractivity contribution in [1.82, 2.24) is 23.8 Å². The summed E-state index contributed by atoms with van der Waals surface area (Å²) >= 11 is 5.86. The minimum absolute atomic E-state index is 0.0318. The summed E-state index contributed by atoms with van der Waals surface area (Å²) in [6, 6.07) is 8.17. The second-order valence-electron chi connectivity index (χ2n) is 7.91. The van der Waals surface area contributed by atoms with Crippen molar-refractivity contribution in [2.24, 2.45) is 0 Å². The third-order valence-electron chi connectivity index (χ3n) is 5.96. The number of benzene rings is 1. The molecule has 33 heavy (non-hydrogen) atoms. The lowest BCUT2D eigenvalue weighted by Crippen LogP contribution is -2.50. The van der Waals surface area contributed by atoms with E-state index in [1.54, 1.807) is 21.5 Å². The number of nitrogens with zero attached hydrogens (tertiary/aromatic N) is 6. The Hall–Kier alpha value is -3.00. The van der Waals surface area contributed by atoms with Crippen LogP contribution in [0.25, 0.3) is 5.65 Å². The lowest BCUT2D eigenvalue weighted by Gasteiger charge is -2.34. The molecule has 0 radical (unpaired) electrons. The number of hydrogen-bond acceptors (Lipinski definition) is 6. The van der Waals surface area contributed by atoms with Gasteiger partial charge in [-0.15, -0.1) is 0 Å². The van der Waals surface area contributed by atoms with Gasteiger partial charge >= 0.3 is 0 Å². The number of amides is 1. The predicted octanol–water partition coefficient (Wildman–Crippen LogP) is 2.34. The zero-order chi connectivity index (χ0) is 23.8. The maximum Gasteiger partial charge on any atom is 0.243 e. The molecule has 0 bridgehead atoms. The van der Waals surface area contributed by atoms with E-state index in [-0.39, 0.29) is 30.3 Å². The summed E-state index contributed by atoms with van der Waals surface area (Å²) in [6.07, 6.45) is 2.26. The first kappa shape index (κ1) is 23.2. The molecule has 0 saturated carbocycles. The molecule has 1 aliphatic heterocycles. The molecule has 1 fully saturated rings. The molecule has 0 aliphatic carbocycles. The van der Waals surface area contributed by atoms with Crippen LogP contribution >= 0.6 is 11.6 Å². The highest BCUT2D eigenvalue weighted by molar-refractivity contribution is 7.89. The van der Waals surface area contributed by atoms with E-state index in [1.165, 1.54) is 22.6 Å². The molecular formula is C22H23ClN6O3S. The fourth-order valence-electron chi connectivity index (χ4n) is 4.08. The molecule has 0 unspecified atom stereocenters. The number of aromatic nitrogens is 3. The molecular weight excluding hydrogens is 464 g/mol. The first-order valence-electron chi connectivity index (χ1n) is 10.5. The number of halogens is 1. The van der Waals surface area contributed by atoms with E-state index in [0.29, 0.717) is 35.7 Å². The highest BCUT2D eigenvalue weighted by atomic mass is 35.5. The van der Waals surface area contributed by atoms with Gasteiger partial charge in [-0.3, -0.25) is 4.79 Å². The van der Waals surface area contributed by atoms with Crippen LogP contribution in [-0.4, -0.2) is 64.3 Å². The number of carbonyl (C=O) groups is 1.